The first-order valence-corrected chi connectivity index (χ1v) is 11.3. The highest BCUT2D eigenvalue weighted by molar-refractivity contribution is 5.89. The average molecular weight is 449 g/mol. The fourth-order valence-electron chi connectivity index (χ4n) is 5.23. The minimum absolute atomic E-state index is 0.0189. The van der Waals surface area contributed by atoms with E-state index in [1.807, 2.05) is 20.8 Å². The second-order valence-corrected chi connectivity index (χ2v) is 10.2. The van der Waals surface area contributed by atoms with Crippen molar-refractivity contribution in [3.8, 4) is 0 Å². The van der Waals surface area contributed by atoms with Crippen molar-refractivity contribution < 1.29 is 28.2 Å². The normalized spacial score (nSPS) is 27.4. The highest BCUT2D eigenvalue weighted by atomic mass is 19.1. The summed E-state index contributed by atoms with van der Waals surface area (Å²) in [6.45, 7) is 9.85. The van der Waals surface area contributed by atoms with E-state index >= 15 is 0 Å². The predicted molar refractivity (Wildman–Crippen MR) is 116 cm³/mol. The Morgan fingerprint density at radius 1 is 1.31 bits per heavy atom. The summed E-state index contributed by atoms with van der Waals surface area (Å²) >= 11 is 0. The topological polar surface area (TPSA) is 68.3 Å². The Bertz CT molecular complexity index is 914. The van der Waals surface area contributed by atoms with Gasteiger partial charge in [-0.2, -0.15) is 0 Å². The number of nitrogens with zero attached hydrogens (tertiary/aromatic N) is 2. The summed E-state index contributed by atoms with van der Waals surface area (Å²) < 4.78 is 31.3. The summed E-state index contributed by atoms with van der Waals surface area (Å²) in [7, 11) is 1.29. The van der Waals surface area contributed by atoms with E-state index < -0.39 is 17.2 Å². The number of rotatable bonds is 4. The maximum atomic E-state index is 14.8. The van der Waals surface area contributed by atoms with E-state index in [0.717, 1.165) is 18.4 Å². The number of fused-ring (bicyclic) bond motifs is 3. The Hall–Kier alpha value is -2.19. The SMILES string of the molecule is CC[C@@H]1Cc2c(F)cc(C(=O)OC)cc2CN1C[C@]12C[C@H](CO1)N(C(=O)OC(C)(C)C)C2. The maximum Gasteiger partial charge on any atom is 0.410 e. The summed E-state index contributed by atoms with van der Waals surface area (Å²) in [5, 5.41) is 0. The van der Waals surface area contributed by atoms with Gasteiger partial charge < -0.3 is 14.2 Å². The second kappa shape index (κ2) is 8.30. The first kappa shape index (κ1) is 23.0. The van der Waals surface area contributed by atoms with E-state index in [1.54, 1.807) is 11.0 Å². The smallest absolute Gasteiger partial charge is 0.410 e. The maximum absolute atomic E-state index is 14.8. The zero-order chi connectivity index (χ0) is 23.3. The van der Waals surface area contributed by atoms with Crippen molar-refractivity contribution in [3.05, 3.63) is 34.6 Å². The van der Waals surface area contributed by atoms with E-state index in [2.05, 4.69) is 11.8 Å². The van der Waals surface area contributed by atoms with Crippen LogP contribution in [-0.2, 0) is 27.2 Å². The number of ether oxygens (including phenoxy) is 3. The van der Waals surface area contributed by atoms with Gasteiger partial charge in [-0.3, -0.25) is 9.80 Å². The molecule has 3 heterocycles. The van der Waals surface area contributed by atoms with Crippen LogP contribution in [0.3, 0.4) is 0 Å². The van der Waals surface area contributed by atoms with Crippen molar-refractivity contribution in [3.63, 3.8) is 0 Å². The number of esters is 1. The Kier molecular flexibility index (Phi) is 5.96. The summed E-state index contributed by atoms with van der Waals surface area (Å²) in [5.74, 6) is -0.895. The predicted octanol–water partition coefficient (Wildman–Crippen LogP) is 3.53. The van der Waals surface area contributed by atoms with Gasteiger partial charge in [0.1, 0.15) is 17.0 Å². The summed E-state index contributed by atoms with van der Waals surface area (Å²) in [6.07, 6.45) is 1.91. The molecular formula is C24H33FN2O5. The Morgan fingerprint density at radius 2 is 2.06 bits per heavy atom. The monoisotopic (exact) mass is 448 g/mol. The van der Waals surface area contributed by atoms with Crippen molar-refractivity contribution >= 4 is 12.1 Å². The number of carbonyl (C=O) groups excluding carboxylic acids is 2. The van der Waals surface area contributed by atoms with E-state index in [-0.39, 0.29) is 29.6 Å². The van der Waals surface area contributed by atoms with Gasteiger partial charge in [0.05, 0.1) is 31.9 Å². The number of halogens is 1. The van der Waals surface area contributed by atoms with Crippen LogP contribution < -0.4 is 0 Å². The van der Waals surface area contributed by atoms with Gasteiger partial charge in [0.25, 0.3) is 0 Å². The van der Waals surface area contributed by atoms with Crippen molar-refractivity contribution in [2.24, 2.45) is 0 Å². The zero-order valence-electron chi connectivity index (χ0n) is 19.6. The van der Waals surface area contributed by atoms with Crippen LogP contribution in [0.2, 0.25) is 0 Å². The molecule has 0 unspecified atom stereocenters. The molecule has 0 saturated carbocycles. The number of amides is 1. The van der Waals surface area contributed by atoms with Gasteiger partial charge in [0.15, 0.2) is 0 Å². The Morgan fingerprint density at radius 3 is 2.72 bits per heavy atom. The molecule has 32 heavy (non-hydrogen) atoms. The average Bonchev–Trinajstić information content (AvgIpc) is 3.29. The Balaban J connectivity index is 1.53. The fourth-order valence-corrected chi connectivity index (χ4v) is 5.23. The van der Waals surface area contributed by atoms with Crippen molar-refractivity contribution in [1.29, 1.82) is 0 Å². The van der Waals surface area contributed by atoms with E-state index in [9.17, 15) is 14.0 Å². The van der Waals surface area contributed by atoms with Crippen LogP contribution in [-0.4, -0.2) is 72.0 Å². The van der Waals surface area contributed by atoms with Gasteiger partial charge >= 0.3 is 12.1 Å². The molecule has 3 aliphatic rings. The van der Waals surface area contributed by atoms with E-state index in [1.165, 1.54) is 13.2 Å². The highest BCUT2D eigenvalue weighted by Gasteiger charge is 2.54. The molecule has 0 aliphatic carbocycles. The molecule has 1 amide bonds. The van der Waals surface area contributed by atoms with Crippen LogP contribution in [0.5, 0.6) is 0 Å². The molecule has 2 bridgehead atoms. The minimum atomic E-state index is -0.543. The third-order valence-corrected chi connectivity index (χ3v) is 6.72. The lowest BCUT2D eigenvalue weighted by Gasteiger charge is -2.42. The van der Waals surface area contributed by atoms with Crippen LogP contribution >= 0.6 is 0 Å². The largest absolute Gasteiger partial charge is 0.465 e. The second-order valence-electron chi connectivity index (χ2n) is 10.2. The van der Waals surface area contributed by atoms with Crippen LogP contribution in [0.25, 0.3) is 0 Å². The van der Waals surface area contributed by atoms with Gasteiger partial charge in [-0.1, -0.05) is 6.92 Å². The number of carbonyl (C=O) groups is 2. The fraction of sp³-hybridized carbons (Fsp3) is 0.667. The van der Waals surface area contributed by atoms with E-state index in [4.69, 9.17) is 14.2 Å². The molecule has 0 radical (unpaired) electrons. The lowest BCUT2D eigenvalue weighted by atomic mass is 9.89. The molecule has 176 valence electrons. The number of likely N-dealkylation sites (tertiary alicyclic amines) is 1. The van der Waals surface area contributed by atoms with Gasteiger partial charge in [-0.05, 0) is 56.9 Å². The molecule has 7 nitrogen and oxygen atoms in total. The molecule has 3 atom stereocenters. The molecule has 0 N–H and O–H groups in total. The minimum Gasteiger partial charge on any atom is -0.465 e. The third kappa shape index (κ3) is 4.35. The van der Waals surface area contributed by atoms with Gasteiger partial charge in [-0.25, -0.2) is 14.0 Å². The van der Waals surface area contributed by atoms with Crippen LogP contribution in [0, 0.1) is 5.82 Å². The lowest BCUT2D eigenvalue weighted by molar-refractivity contribution is -0.0736. The molecule has 0 aromatic heterocycles. The summed E-state index contributed by atoms with van der Waals surface area (Å²) in [5.41, 5.74) is 0.711. The first-order chi connectivity index (χ1) is 15.0. The quantitative estimate of drug-likeness (QED) is 0.657. The number of hydrogen-bond donors (Lipinski definition) is 0. The molecule has 2 saturated heterocycles. The third-order valence-electron chi connectivity index (χ3n) is 6.72. The van der Waals surface area contributed by atoms with Crippen molar-refractivity contribution in [1.82, 2.24) is 9.80 Å². The van der Waals surface area contributed by atoms with Gasteiger partial charge in [-0.15, -0.1) is 0 Å². The molecule has 0 spiro atoms. The summed E-state index contributed by atoms with van der Waals surface area (Å²) in [4.78, 5) is 28.8. The van der Waals surface area contributed by atoms with Crippen molar-refractivity contribution in [2.75, 3.05) is 26.8 Å². The number of morpholine rings is 1. The Labute approximate surface area is 188 Å². The molecule has 2 fully saturated rings. The van der Waals surface area contributed by atoms with Gasteiger partial charge in [0, 0.05) is 25.6 Å². The van der Waals surface area contributed by atoms with Crippen molar-refractivity contribution in [2.45, 2.75) is 76.8 Å². The molecule has 3 aliphatic heterocycles. The van der Waals surface area contributed by atoms with Crippen LogP contribution in [0.15, 0.2) is 12.1 Å². The number of benzene rings is 1. The van der Waals surface area contributed by atoms with E-state index in [0.29, 0.717) is 38.2 Å². The standard InChI is InChI=1S/C24H33FN2O5/c1-6-17-9-19-16(7-15(8-20(19)25)21(28)30-5)11-26(17)13-24-10-18(12-31-24)27(14-24)22(29)32-23(2,3)4/h7-8,17-18H,6,9-14H2,1-5H3/t17-,18-,24+/m1/s1. The molecular weight excluding hydrogens is 415 g/mol. The number of methoxy groups -OCH3 is 1. The zero-order valence-corrected chi connectivity index (χ0v) is 19.6. The van der Waals surface area contributed by atoms with Gasteiger partial charge in [0.2, 0.25) is 0 Å². The highest BCUT2D eigenvalue weighted by Crippen LogP contribution is 2.40. The first-order valence-electron chi connectivity index (χ1n) is 11.3. The lowest BCUT2D eigenvalue weighted by Crippen LogP contribution is -2.54. The molecule has 1 aromatic rings. The molecule has 8 heteroatoms. The number of hydrogen-bond acceptors (Lipinski definition) is 6. The summed E-state index contributed by atoms with van der Waals surface area (Å²) in [6, 6.07) is 3.19. The van der Waals surface area contributed by atoms with Crippen LogP contribution in [0.4, 0.5) is 9.18 Å². The molecule has 4 rings (SSSR count). The van der Waals surface area contributed by atoms with Crippen LogP contribution in [0.1, 0.15) is 62.0 Å². The molecule has 1 aromatic carbocycles.